The van der Waals surface area contributed by atoms with E-state index in [4.69, 9.17) is 5.73 Å². The van der Waals surface area contributed by atoms with Crippen molar-refractivity contribution in [3.8, 4) is 0 Å². The number of hydrogen-bond donors (Lipinski definition) is 1. The lowest BCUT2D eigenvalue weighted by atomic mass is 9.98. The summed E-state index contributed by atoms with van der Waals surface area (Å²) in [6, 6.07) is 3.96. The zero-order valence-electron chi connectivity index (χ0n) is 7.94. The zero-order chi connectivity index (χ0) is 9.30. The quantitative estimate of drug-likeness (QED) is 0.630. The van der Waals surface area contributed by atoms with Gasteiger partial charge < -0.3 is 5.73 Å². The molecule has 64 valence electrons. The van der Waals surface area contributed by atoms with Gasteiger partial charge in [0.1, 0.15) is 0 Å². The molecule has 0 saturated heterocycles. The van der Waals surface area contributed by atoms with Gasteiger partial charge in [0.15, 0.2) is 0 Å². The van der Waals surface area contributed by atoms with Gasteiger partial charge in [-0.05, 0) is 43.5 Å². The molecule has 0 aliphatic heterocycles. The Morgan fingerprint density at radius 3 is 2.33 bits per heavy atom. The molecule has 0 fully saturated rings. The molecule has 1 nitrogen and oxygen atoms in total. The molecule has 0 aliphatic carbocycles. The lowest BCUT2D eigenvalue weighted by Gasteiger charge is -2.10. The average molecular weight is 161 g/mol. The maximum atomic E-state index is 5.76. The molecular formula is C11H15N. The fourth-order valence-corrected chi connectivity index (χ4v) is 1.30. The molecule has 0 atom stereocenters. The van der Waals surface area contributed by atoms with Gasteiger partial charge in [-0.15, -0.1) is 0 Å². The predicted octanol–water partition coefficient (Wildman–Crippen LogP) is 2.92. The lowest BCUT2D eigenvalue weighted by Crippen LogP contribution is -1.95. The van der Waals surface area contributed by atoms with Crippen LogP contribution in [0.4, 0.5) is 5.69 Å². The summed E-state index contributed by atoms with van der Waals surface area (Å²) in [5, 5.41) is 0. The van der Waals surface area contributed by atoms with Gasteiger partial charge in [0.05, 0.1) is 0 Å². The van der Waals surface area contributed by atoms with E-state index in [-0.39, 0.29) is 0 Å². The third-order valence-electron chi connectivity index (χ3n) is 2.29. The molecule has 1 aromatic carbocycles. The van der Waals surface area contributed by atoms with E-state index in [0.717, 1.165) is 16.8 Å². The van der Waals surface area contributed by atoms with E-state index in [1.165, 1.54) is 11.1 Å². The van der Waals surface area contributed by atoms with Gasteiger partial charge in [0, 0.05) is 5.69 Å². The zero-order valence-corrected chi connectivity index (χ0v) is 7.94. The third kappa shape index (κ3) is 1.35. The summed E-state index contributed by atoms with van der Waals surface area (Å²) in [5.74, 6) is 0. The van der Waals surface area contributed by atoms with Crippen molar-refractivity contribution in [1.29, 1.82) is 0 Å². The molecule has 1 aromatic rings. The van der Waals surface area contributed by atoms with E-state index in [2.05, 4.69) is 13.5 Å². The first-order chi connectivity index (χ1) is 5.54. The topological polar surface area (TPSA) is 26.0 Å². The first-order valence-electron chi connectivity index (χ1n) is 4.05. The van der Waals surface area contributed by atoms with Crippen molar-refractivity contribution in [2.75, 3.05) is 5.73 Å². The number of benzene rings is 1. The highest BCUT2D eigenvalue weighted by Crippen LogP contribution is 2.23. The van der Waals surface area contributed by atoms with Gasteiger partial charge >= 0.3 is 0 Å². The van der Waals surface area contributed by atoms with Crippen LogP contribution in [0.15, 0.2) is 18.7 Å². The Bertz CT molecular complexity index is 324. The summed E-state index contributed by atoms with van der Waals surface area (Å²) >= 11 is 0. The molecule has 12 heavy (non-hydrogen) atoms. The predicted molar refractivity (Wildman–Crippen MR) is 55.0 cm³/mol. The van der Waals surface area contributed by atoms with Gasteiger partial charge in [-0.1, -0.05) is 18.2 Å². The van der Waals surface area contributed by atoms with E-state index < -0.39 is 0 Å². The van der Waals surface area contributed by atoms with Crippen LogP contribution in [-0.4, -0.2) is 0 Å². The van der Waals surface area contributed by atoms with Crippen molar-refractivity contribution in [2.45, 2.75) is 20.8 Å². The maximum absolute atomic E-state index is 5.76. The first-order valence-corrected chi connectivity index (χ1v) is 4.05. The largest absolute Gasteiger partial charge is 0.399 e. The fraction of sp³-hybridized carbons (Fsp3) is 0.273. The smallest absolute Gasteiger partial charge is 0.0346 e. The van der Waals surface area contributed by atoms with Crippen molar-refractivity contribution >= 4 is 11.3 Å². The molecule has 0 heterocycles. The summed E-state index contributed by atoms with van der Waals surface area (Å²) in [6.45, 7) is 10.0. The number of allylic oxidation sites excluding steroid dienone is 1. The first kappa shape index (κ1) is 8.85. The number of rotatable bonds is 1. The summed E-state index contributed by atoms with van der Waals surface area (Å²) in [7, 11) is 0. The highest BCUT2D eigenvalue weighted by molar-refractivity contribution is 5.69. The second-order valence-corrected chi connectivity index (χ2v) is 3.23. The molecule has 0 aliphatic rings. The van der Waals surface area contributed by atoms with E-state index in [0.29, 0.717) is 0 Å². The van der Waals surface area contributed by atoms with Gasteiger partial charge in [-0.25, -0.2) is 0 Å². The minimum atomic E-state index is 0.859. The number of nitrogens with two attached hydrogens (primary N) is 1. The molecule has 0 spiro atoms. The molecule has 2 N–H and O–H groups in total. The monoisotopic (exact) mass is 161 g/mol. The number of nitrogen functional groups attached to an aromatic ring is 1. The second kappa shape index (κ2) is 3.02. The number of anilines is 1. The fourth-order valence-electron chi connectivity index (χ4n) is 1.30. The van der Waals surface area contributed by atoms with Crippen LogP contribution in [-0.2, 0) is 0 Å². The standard InChI is InChI=1S/C11H15N/c1-7(2)10-5-6-11(12)9(4)8(10)3/h5-6H,1,12H2,2-4H3. The lowest BCUT2D eigenvalue weighted by molar-refractivity contribution is 1.31. The van der Waals surface area contributed by atoms with Crippen LogP contribution in [0.3, 0.4) is 0 Å². The van der Waals surface area contributed by atoms with Crippen molar-refractivity contribution < 1.29 is 0 Å². The molecule has 0 aromatic heterocycles. The summed E-state index contributed by atoms with van der Waals surface area (Å²) in [5.41, 5.74) is 11.3. The summed E-state index contributed by atoms with van der Waals surface area (Å²) in [6.07, 6.45) is 0. The van der Waals surface area contributed by atoms with E-state index in [9.17, 15) is 0 Å². The van der Waals surface area contributed by atoms with Crippen molar-refractivity contribution in [1.82, 2.24) is 0 Å². The molecule has 0 bridgehead atoms. The van der Waals surface area contributed by atoms with E-state index in [1.807, 2.05) is 26.0 Å². The van der Waals surface area contributed by atoms with E-state index in [1.54, 1.807) is 0 Å². The van der Waals surface area contributed by atoms with E-state index >= 15 is 0 Å². The van der Waals surface area contributed by atoms with Gasteiger partial charge in [-0.3, -0.25) is 0 Å². The van der Waals surface area contributed by atoms with Crippen LogP contribution < -0.4 is 5.73 Å². The minimum Gasteiger partial charge on any atom is -0.399 e. The normalized spacial score (nSPS) is 9.92. The van der Waals surface area contributed by atoms with Crippen molar-refractivity contribution in [3.05, 3.63) is 35.4 Å². The van der Waals surface area contributed by atoms with Crippen LogP contribution >= 0.6 is 0 Å². The Balaban J connectivity index is 3.36. The highest BCUT2D eigenvalue weighted by Gasteiger charge is 2.03. The Hall–Kier alpha value is -1.24. The molecule has 0 unspecified atom stereocenters. The molecular weight excluding hydrogens is 146 g/mol. The Morgan fingerprint density at radius 1 is 1.25 bits per heavy atom. The second-order valence-electron chi connectivity index (χ2n) is 3.23. The van der Waals surface area contributed by atoms with Gasteiger partial charge in [-0.2, -0.15) is 0 Å². The average Bonchev–Trinajstić information content (AvgIpc) is 2.00. The minimum absolute atomic E-state index is 0.859. The molecule has 0 saturated carbocycles. The van der Waals surface area contributed by atoms with Gasteiger partial charge in [0.25, 0.3) is 0 Å². The van der Waals surface area contributed by atoms with Crippen LogP contribution in [0.1, 0.15) is 23.6 Å². The van der Waals surface area contributed by atoms with Crippen molar-refractivity contribution in [2.24, 2.45) is 0 Å². The molecule has 0 radical (unpaired) electrons. The highest BCUT2D eigenvalue weighted by atomic mass is 14.6. The summed E-state index contributed by atoms with van der Waals surface area (Å²) < 4.78 is 0. The molecule has 1 heteroatoms. The number of hydrogen-bond acceptors (Lipinski definition) is 1. The van der Waals surface area contributed by atoms with Gasteiger partial charge in [0.2, 0.25) is 0 Å². The van der Waals surface area contributed by atoms with Crippen LogP contribution in [0.5, 0.6) is 0 Å². The van der Waals surface area contributed by atoms with Crippen LogP contribution in [0.25, 0.3) is 5.57 Å². The van der Waals surface area contributed by atoms with Crippen LogP contribution in [0, 0.1) is 13.8 Å². The van der Waals surface area contributed by atoms with Crippen LogP contribution in [0.2, 0.25) is 0 Å². The maximum Gasteiger partial charge on any atom is 0.0346 e. The Labute approximate surface area is 73.9 Å². The summed E-state index contributed by atoms with van der Waals surface area (Å²) in [4.78, 5) is 0. The molecule has 0 amide bonds. The third-order valence-corrected chi connectivity index (χ3v) is 2.29. The Kier molecular flexibility index (Phi) is 2.22. The van der Waals surface area contributed by atoms with Crippen molar-refractivity contribution in [3.63, 3.8) is 0 Å². The molecule has 1 rings (SSSR count). The Morgan fingerprint density at radius 2 is 1.83 bits per heavy atom. The SMILES string of the molecule is C=C(C)c1ccc(N)c(C)c1C.